The maximum atomic E-state index is 5.85. The molecule has 2 atom stereocenters. The molecule has 0 aliphatic carbocycles. The summed E-state index contributed by atoms with van der Waals surface area (Å²) in [4.78, 5) is 0. The van der Waals surface area contributed by atoms with Crippen LogP contribution in [-0.4, -0.2) is 13.2 Å². The van der Waals surface area contributed by atoms with Crippen molar-refractivity contribution < 1.29 is 9.47 Å². The maximum absolute atomic E-state index is 5.85. The van der Waals surface area contributed by atoms with Crippen molar-refractivity contribution in [1.82, 2.24) is 0 Å². The summed E-state index contributed by atoms with van der Waals surface area (Å²) < 4.78 is 11.7. The zero-order valence-electron chi connectivity index (χ0n) is 10.9. The second kappa shape index (κ2) is 5.85. The van der Waals surface area contributed by atoms with Crippen LogP contribution in [0, 0.1) is 6.07 Å². The van der Waals surface area contributed by atoms with Crippen LogP contribution >= 0.6 is 0 Å². The molecule has 0 N–H and O–H groups in total. The van der Waals surface area contributed by atoms with Crippen LogP contribution < -0.4 is 0 Å². The van der Waals surface area contributed by atoms with Crippen molar-refractivity contribution in [2.75, 3.05) is 13.2 Å². The van der Waals surface area contributed by atoms with Gasteiger partial charge in [-0.2, -0.15) is 0 Å². The summed E-state index contributed by atoms with van der Waals surface area (Å²) in [5.74, 6) is 0. The van der Waals surface area contributed by atoms with Crippen molar-refractivity contribution in [1.29, 1.82) is 0 Å². The molecule has 0 saturated carbocycles. The highest BCUT2D eigenvalue weighted by molar-refractivity contribution is 5.26. The Kier molecular flexibility index (Phi) is 3.96. The lowest BCUT2D eigenvalue weighted by molar-refractivity contribution is 0.0107. The summed E-state index contributed by atoms with van der Waals surface area (Å²) in [5, 5.41) is 0. The van der Waals surface area contributed by atoms with Crippen molar-refractivity contribution >= 4 is 0 Å². The normalized spacial score (nSPS) is 29.1. The largest absolute Gasteiger partial charge is 0.374 e. The first-order valence-electron chi connectivity index (χ1n) is 7.18. The van der Waals surface area contributed by atoms with Gasteiger partial charge in [-0.15, -0.1) is 0 Å². The average molecular weight is 245 g/mol. The van der Waals surface area contributed by atoms with E-state index in [9.17, 15) is 0 Å². The molecule has 0 bridgehead atoms. The molecule has 2 saturated heterocycles. The van der Waals surface area contributed by atoms with Gasteiger partial charge in [0.25, 0.3) is 0 Å². The van der Waals surface area contributed by atoms with E-state index in [1.165, 1.54) is 36.8 Å². The SMILES string of the molecule is [c]1ccc(C2CCCCO2)cc1C1CCCCO1. The quantitative estimate of drug-likeness (QED) is 0.785. The zero-order valence-corrected chi connectivity index (χ0v) is 10.9. The predicted molar refractivity (Wildman–Crippen MR) is 70.4 cm³/mol. The second-order valence-electron chi connectivity index (χ2n) is 5.29. The Morgan fingerprint density at radius 1 is 0.944 bits per heavy atom. The lowest BCUT2D eigenvalue weighted by Gasteiger charge is -2.26. The highest BCUT2D eigenvalue weighted by Crippen LogP contribution is 2.32. The van der Waals surface area contributed by atoms with E-state index in [1.807, 2.05) is 6.07 Å². The van der Waals surface area contributed by atoms with Crippen LogP contribution in [0.2, 0.25) is 0 Å². The molecule has 1 aromatic carbocycles. The van der Waals surface area contributed by atoms with Crippen LogP contribution in [0.15, 0.2) is 18.2 Å². The smallest absolute Gasteiger partial charge is 0.0831 e. The maximum Gasteiger partial charge on any atom is 0.0831 e. The predicted octanol–water partition coefficient (Wildman–Crippen LogP) is 3.97. The Balaban J connectivity index is 1.75. The minimum Gasteiger partial charge on any atom is -0.374 e. The number of ether oxygens (including phenoxy) is 2. The second-order valence-corrected chi connectivity index (χ2v) is 5.29. The molecule has 2 heteroatoms. The fourth-order valence-corrected chi connectivity index (χ4v) is 2.88. The van der Waals surface area contributed by atoms with E-state index in [1.54, 1.807) is 0 Å². The van der Waals surface area contributed by atoms with E-state index in [4.69, 9.17) is 9.47 Å². The van der Waals surface area contributed by atoms with Crippen LogP contribution in [0.4, 0.5) is 0 Å². The van der Waals surface area contributed by atoms with Crippen molar-refractivity contribution in [2.45, 2.75) is 50.7 Å². The molecule has 2 fully saturated rings. The topological polar surface area (TPSA) is 18.5 Å². The Hall–Kier alpha value is -0.860. The number of hydrogen-bond acceptors (Lipinski definition) is 2. The van der Waals surface area contributed by atoms with Gasteiger partial charge in [-0.1, -0.05) is 12.1 Å². The highest BCUT2D eigenvalue weighted by Gasteiger charge is 2.20. The van der Waals surface area contributed by atoms with Crippen molar-refractivity contribution in [3.63, 3.8) is 0 Å². The van der Waals surface area contributed by atoms with Gasteiger partial charge < -0.3 is 9.47 Å². The van der Waals surface area contributed by atoms with Gasteiger partial charge in [-0.25, -0.2) is 0 Å². The molecule has 0 spiro atoms. The Morgan fingerprint density at radius 2 is 1.67 bits per heavy atom. The van der Waals surface area contributed by atoms with Gasteiger partial charge in [0.05, 0.1) is 12.2 Å². The summed E-state index contributed by atoms with van der Waals surface area (Å²) in [6.45, 7) is 1.79. The molecule has 97 valence electrons. The van der Waals surface area contributed by atoms with Crippen LogP contribution in [0.25, 0.3) is 0 Å². The lowest BCUT2D eigenvalue weighted by Crippen LogP contribution is -2.14. The van der Waals surface area contributed by atoms with Gasteiger partial charge >= 0.3 is 0 Å². The van der Waals surface area contributed by atoms with E-state index in [-0.39, 0.29) is 12.2 Å². The molecule has 0 amide bonds. The molecule has 2 aliphatic rings. The zero-order chi connectivity index (χ0) is 12.2. The molecule has 1 radical (unpaired) electrons. The highest BCUT2D eigenvalue weighted by atomic mass is 16.5. The third kappa shape index (κ3) is 2.76. The molecule has 3 rings (SSSR count). The molecule has 2 heterocycles. The molecule has 2 nitrogen and oxygen atoms in total. The third-order valence-electron chi connectivity index (χ3n) is 3.93. The van der Waals surface area contributed by atoms with Crippen molar-refractivity contribution in [3.05, 3.63) is 35.4 Å². The summed E-state index contributed by atoms with van der Waals surface area (Å²) >= 11 is 0. The Labute approximate surface area is 109 Å². The van der Waals surface area contributed by atoms with Gasteiger partial charge in [-0.05, 0) is 61.8 Å². The first-order valence-corrected chi connectivity index (χ1v) is 7.18. The standard InChI is InChI=1S/C16H21O2/c1-3-10-17-15(8-1)13-6-5-7-14(12-13)16-9-2-4-11-18-16/h5-6,12,15-16H,1-4,8-11H2. The number of rotatable bonds is 2. The summed E-state index contributed by atoms with van der Waals surface area (Å²) in [6, 6.07) is 9.75. The Morgan fingerprint density at radius 3 is 2.33 bits per heavy atom. The van der Waals surface area contributed by atoms with Crippen molar-refractivity contribution in [2.24, 2.45) is 0 Å². The Bertz CT molecular complexity index is 343. The average Bonchev–Trinajstić information content (AvgIpc) is 2.49. The van der Waals surface area contributed by atoms with E-state index in [0.717, 1.165) is 26.1 Å². The minimum absolute atomic E-state index is 0.252. The molecule has 1 aromatic rings. The third-order valence-corrected chi connectivity index (χ3v) is 3.93. The van der Waals surface area contributed by atoms with Crippen LogP contribution in [0.1, 0.15) is 61.9 Å². The van der Waals surface area contributed by atoms with Crippen LogP contribution in [-0.2, 0) is 9.47 Å². The fourth-order valence-electron chi connectivity index (χ4n) is 2.88. The number of benzene rings is 1. The number of hydrogen-bond donors (Lipinski definition) is 0. The summed E-state index contributed by atoms with van der Waals surface area (Å²) in [5.41, 5.74) is 2.51. The van der Waals surface area contributed by atoms with Gasteiger partial charge in [0, 0.05) is 13.2 Å². The van der Waals surface area contributed by atoms with Crippen LogP contribution in [0.5, 0.6) is 0 Å². The van der Waals surface area contributed by atoms with E-state index >= 15 is 0 Å². The van der Waals surface area contributed by atoms with E-state index < -0.39 is 0 Å². The van der Waals surface area contributed by atoms with Gasteiger partial charge in [0.1, 0.15) is 0 Å². The van der Waals surface area contributed by atoms with Crippen molar-refractivity contribution in [3.8, 4) is 0 Å². The monoisotopic (exact) mass is 245 g/mol. The van der Waals surface area contributed by atoms with Crippen LogP contribution in [0.3, 0.4) is 0 Å². The van der Waals surface area contributed by atoms with E-state index in [0.29, 0.717) is 0 Å². The molecular weight excluding hydrogens is 224 g/mol. The molecule has 2 unspecified atom stereocenters. The van der Waals surface area contributed by atoms with Gasteiger partial charge in [-0.3, -0.25) is 0 Å². The summed E-state index contributed by atoms with van der Waals surface area (Å²) in [6.07, 6.45) is 7.76. The first-order chi connectivity index (χ1) is 8.93. The van der Waals surface area contributed by atoms with Gasteiger partial charge in [0.15, 0.2) is 0 Å². The minimum atomic E-state index is 0.252. The molecular formula is C16H21O2. The fraction of sp³-hybridized carbons (Fsp3) is 0.625. The van der Waals surface area contributed by atoms with Gasteiger partial charge in [0.2, 0.25) is 0 Å². The lowest BCUT2D eigenvalue weighted by atomic mass is 9.95. The summed E-state index contributed by atoms with van der Waals surface area (Å²) in [7, 11) is 0. The molecule has 2 aliphatic heterocycles. The first kappa shape index (κ1) is 12.2. The molecule has 0 aromatic heterocycles. The van der Waals surface area contributed by atoms with E-state index in [2.05, 4.69) is 18.2 Å². The molecule has 18 heavy (non-hydrogen) atoms.